The van der Waals surface area contributed by atoms with Gasteiger partial charge < -0.3 is 15.0 Å². The van der Waals surface area contributed by atoms with Crippen LogP contribution in [0.25, 0.3) is 11.6 Å². The van der Waals surface area contributed by atoms with Crippen LogP contribution in [0.3, 0.4) is 0 Å². The minimum absolute atomic E-state index is 0.107. The number of carbonyl (C=O) groups excluding carboxylic acids is 2. The first kappa shape index (κ1) is 15.4. The van der Waals surface area contributed by atoms with Crippen LogP contribution in [0.5, 0.6) is 11.5 Å². The molecule has 24 heavy (non-hydrogen) atoms. The van der Waals surface area contributed by atoms with Gasteiger partial charge in [0.1, 0.15) is 11.5 Å². The Bertz CT molecular complexity index is 924. The Morgan fingerprint density at radius 3 is 2.58 bits per heavy atom. The molecular weight excluding hydrogens is 308 g/mol. The van der Waals surface area contributed by atoms with E-state index in [1.54, 1.807) is 42.5 Å². The molecule has 0 spiro atoms. The van der Waals surface area contributed by atoms with Crippen LogP contribution in [0.1, 0.15) is 15.9 Å². The number of ketones is 1. The van der Waals surface area contributed by atoms with Gasteiger partial charge in [-0.2, -0.15) is 4.79 Å². The minimum atomic E-state index is -0.793. The molecule has 0 unspecified atom stereocenters. The molecule has 0 heterocycles. The van der Waals surface area contributed by atoms with Gasteiger partial charge in [0.05, 0.1) is 7.11 Å². The highest BCUT2D eigenvalue weighted by atomic mass is 16.5. The van der Waals surface area contributed by atoms with E-state index in [0.717, 1.165) is 0 Å². The van der Waals surface area contributed by atoms with Crippen LogP contribution in [0.15, 0.2) is 54.1 Å². The fourth-order valence-electron chi connectivity index (χ4n) is 2.38. The van der Waals surface area contributed by atoms with Crippen molar-refractivity contribution in [1.29, 1.82) is 0 Å². The van der Waals surface area contributed by atoms with Gasteiger partial charge in [-0.1, -0.05) is 30.3 Å². The van der Waals surface area contributed by atoms with Crippen molar-refractivity contribution in [2.45, 2.75) is 0 Å². The standard InChI is InChI=1S/C18H12N2O4/c1-23-12-6-4-7-13(10-12)24-18(22)15-9-11-5-2-3-8-14(11)17(21)16(15)20-19/h2-10H,1H3. The predicted octanol–water partition coefficient (Wildman–Crippen LogP) is 2.55. The van der Waals surface area contributed by atoms with Crippen molar-refractivity contribution < 1.29 is 23.9 Å². The largest absolute Gasteiger partial charge is 0.497 e. The summed E-state index contributed by atoms with van der Waals surface area (Å²) in [6.45, 7) is 0. The first-order chi connectivity index (χ1) is 11.6. The summed E-state index contributed by atoms with van der Waals surface area (Å²) in [5.74, 6) is -0.550. The summed E-state index contributed by atoms with van der Waals surface area (Å²) in [4.78, 5) is 27.8. The Labute approximate surface area is 137 Å². The van der Waals surface area contributed by atoms with Crippen molar-refractivity contribution in [1.82, 2.24) is 0 Å². The molecular formula is C18H12N2O4. The summed E-state index contributed by atoms with van der Waals surface area (Å²) in [7, 11) is 1.50. The minimum Gasteiger partial charge on any atom is -0.497 e. The molecule has 1 aliphatic rings. The lowest BCUT2D eigenvalue weighted by atomic mass is 9.89. The molecule has 0 N–H and O–H groups in total. The second-order valence-corrected chi connectivity index (χ2v) is 4.99. The zero-order valence-corrected chi connectivity index (χ0v) is 12.7. The van der Waals surface area contributed by atoms with Gasteiger partial charge >= 0.3 is 11.7 Å². The van der Waals surface area contributed by atoms with Crippen LogP contribution >= 0.6 is 0 Å². The number of hydrogen-bond donors (Lipinski definition) is 0. The number of esters is 1. The van der Waals surface area contributed by atoms with E-state index in [1.807, 2.05) is 0 Å². The monoisotopic (exact) mass is 320 g/mol. The zero-order chi connectivity index (χ0) is 17.1. The molecule has 0 aliphatic heterocycles. The number of ether oxygens (including phenoxy) is 2. The third kappa shape index (κ3) is 2.74. The van der Waals surface area contributed by atoms with Crippen LogP contribution < -0.4 is 9.47 Å². The molecule has 0 aromatic heterocycles. The van der Waals surface area contributed by atoms with Gasteiger partial charge in [0.2, 0.25) is 0 Å². The molecule has 0 saturated carbocycles. The van der Waals surface area contributed by atoms with Gasteiger partial charge in [-0.3, -0.25) is 4.79 Å². The number of fused-ring (bicyclic) bond motifs is 1. The highest BCUT2D eigenvalue weighted by molar-refractivity contribution is 6.56. The molecule has 0 bridgehead atoms. The number of hydrogen-bond acceptors (Lipinski definition) is 4. The average molecular weight is 320 g/mol. The van der Waals surface area contributed by atoms with E-state index >= 15 is 0 Å². The Kier molecular flexibility index (Phi) is 4.05. The van der Waals surface area contributed by atoms with Gasteiger partial charge in [0.25, 0.3) is 5.78 Å². The molecule has 1 aliphatic carbocycles. The van der Waals surface area contributed by atoms with Crippen molar-refractivity contribution in [2.75, 3.05) is 7.11 Å². The van der Waals surface area contributed by atoms with Gasteiger partial charge in [-0.15, -0.1) is 0 Å². The Balaban J connectivity index is 1.98. The van der Waals surface area contributed by atoms with Crippen LogP contribution in [0.4, 0.5) is 0 Å². The Morgan fingerprint density at radius 1 is 1.08 bits per heavy atom. The van der Waals surface area contributed by atoms with Crippen molar-refractivity contribution in [3.63, 3.8) is 0 Å². The van der Waals surface area contributed by atoms with Crippen LogP contribution in [0.2, 0.25) is 0 Å². The Morgan fingerprint density at radius 2 is 1.83 bits per heavy atom. The topological polar surface area (TPSA) is 89.0 Å². The lowest BCUT2D eigenvalue weighted by Gasteiger charge is -2.11. The van der Waals surface area contributed by atoms with Crippen molar-refractivity contribution in [3.05, 3.63) is 70.8 Å². The predicted molar refractivity (Wildman–Crippen MR) is 86.0 cm³/mol. The van der Waals surface area contributed by atoms with Gasteiger partial charge in [0.15, 0.2) is 5.57 Å². The second-order valence-electron chi connectivity index (χ2n) is 4.99. The molecule has 0 amide bonds. The zero-order valence-electron chi connectivity index (χ0n) is 12.7. The summed E-state index contributed by atoms with van der Waals surface area (Å²) in [6.07, 6.45) is 1.47. The van der Waals surface area contributed by atoms with Crippen molar-refractivity contribution in [2.24, 2.45) is 0 Å². The number of carbonyl (C=O) groups is 2. The average Bonchev–Trinajstić information content (AvgIpc) is 2.61. The second kappa shape index (κ2) is 6.32. The molecule has 2 aromatic carbocycles. The van der Waals surface area contributed by atoms with E-state index in [1.165, 1.54) is 19.3 Å². The van der Waals surface area contributed by atoms with Crippen LogP contribution in [-0.4, -0.2) is 29.4 Å². The summed E-state index contributed by atoms with van der Waals surface area (Å²) < 4.78 is 10.3. The highest BCUT2D eigenvalue weighted by Crippen LogP contribution is 2.24. The molecule has 0 saturated heterocycles. The maximum Gasteiger partial charge on any atom is 0.377 e. The van der Waals surface area contributed by atoms with E-state index in [9.17, 15) is 9.59 Å². The third-order valence-corrected chi connectivity index (χ3v) is 3.55. The highest BCUT2D eigenvalue weighted by Gasteiger charge is 2.37. The number of nitrogens with zero attached hydrogens (tertiary/aromatic N) is 2. The fourth-order valence-corrected chi connectivity index (χ4v) is 2.38. The normalized spacial score (nSPS) is 12.8. The lowest BCUT2D eigenvalue weighted by Crippen LogP contribution is -2.29. The third-order valence-electron chi connectivity index (χ3n) is 3.55. The maximum atomic E-state index is 12.4. The van der Waals surface area contributed by atoms with Gasteiger partial charge in [0, 0.05) is 11.6 Å². The summed E-state index contributed by atoms with van der Waals surface area (Å²) in [5.41, 5.74) is 9.63. The number of rotatable bonds is 3. The summed E-state index contributed by atoms with van der Waals surface area (Å²) in [5, 5.41) is 0. The quantitative estimate of drug-likeness (QED) is 0.376. The maximum absolute atomic E-state index is 12.4. The molecule has 6 nitrogen and oxygen atoms in total. The molecule has 0 atom stereocenters. The molecule has 0 radical (unpaired) electrons. The smallest absolute Gasteiger partial charge is 0.377 e. The Hall–Kier alpha value is -3.50. The van der Waals surface area contributed by atoms with E-state index in [-0.39, 0.29) is 17.0 Å². The number of benzene rings is 2. The SMILES string of the molecule is COc1cccc(OC(=O)C2=Cc3ccccc3C(=O)C2=[N+]=[N-])c1. The molecule has 2 aromatic rings. The lowest BCUT2D eigenvalue weighted by molar-refractivity contribution is -0.129. The van der Waals surface area contributed by atoms with E-state index in [4.69, 9.17) is 15.0 Å². The van der Waals surface area contributed by atoms with Crippen LogP contribution in [-0.2, 0) is 4.79 Å². The van der Waals surface area contributed by atoms with Gasteiger partial charge in [-0.05, 0) is 23.8 Å². The van der Waals surface area contributed by atoms with Gasteiger partial charge in [-0.25, -0.2) is 4.79 Å². The first-order valence-electron chi connectivity index (χ1n) is 7.08. The van der Waals surface area contributed by atoms with E-state index in [0.29, 0.717) is 16.9 Å². The summed E-state index contributed by atoms with van der Waals surface area (Å²) in [6, 6.07) is 13.2. The van der Waals surface area contributed by atoms with Crippen molar-refractivity contribution >= 4 is 23.5 Å². The molecule has 6 heteroatoms. The van der Waals surface area contributed by atoms with E-state index in [2.05, 4.69) is 4.79 Å². The van der Waals surface area contributed by atoms with Crippen LogP contribution in [0, 0.1) is 0 Å². The molecule has 118 valence electrons. The number of Topliss-reactive ketones (excluding diaryl/α,β-unsaturated/α-hetero) is 1. The number of methoxy groups -OCH3 is 1. The first-order valence-corrected chi connectivity index (χ1v) is 7.08. The molecule has 0 fully saturated rings. The van der Waals surface area contributed by atoms with E-state index < -0.39 is 11.8 Å². The summed E-state index contributed by atoms with van der Waals surface area (Å²) >= 11 is 0. The molecule has 3 rings (SSSR count). The van der Waals surface area contributed by atoms with Crippen molar-refractivity contribution in [3.8, 4) is 11.5 Å². The fraction of sp³-hybridized carbons (Fsp3) is 0.0556.